The van der Waals surface area contributed by atoms with Gasteiger partial charge in [0.2, 0.25) is 0 Å². The molecule has 1 N–H and O–H groups in total. The van der Waals surface area contributed by atoms with Crippen LogP contribution in [-0.2, 0) is 6.42 Å². The summed E-state index contributed by atoms with van der Waals surface area (Å²) in [6.45, 7) is 2.06. The zero-order valence-corrected chi connectivity index (χ0v) is 13.7. The lowest BCUT2D eigenvalue weighted by molar-refractivity contribution is 0.584. The van der Waals surface area contributed by atoms with Gasteiger partial charge in [-0.05, 0) is 55.3 Å². The fourth-order valence-corrected chi connectivity index (χ4v) is 2.54. The number of hydrogen-bond acceptors (Lipinski definition) is 1. The van der Waals surface area contributed by atoms with Crippen molar-refractivity contribution in [3.63, 3.8) is 0 Å². The Morgan fingerprint density at radius 2 is 2.00 bits per heavy atom. The van der Waals surface area contributed by atoms with Gasteiger partial charge in [-0.3, -0.25) is 0 Å². The van der Waals surface area contributed by atoms with Gasteiger partial charge in [0.05, 0.1) is 5.02 Å². The second kappa shape index (κ2) is 6.70. The van der Waals surface area contributed by atoms with E-state index in [4.69, 9.17) is 11.6 Å². The first-order chi connectivity index (χ1) is 9.51. The summed E-state index contributed by atoms with van der Waals surface area (Å²) in [6, 6.07) is 11.4. The molecule has 0 amide bonds. The molecule has 20 heavy (non-hydrogen) atoms. The molecule has 0 fully saturated rings. The summed E-state index contributed by atoms with van der Waals surface area (Å²) in [5.41, 5.74) is 3.29. The van der Waals surface area contributed by atoms with Crippen molar-refractivity contribution in [2.75, 3.05) is 7.05 Å². The van der Waals surface area contributed by atoms with Gasteiger partial charge in [-0.25, -0.2) is 4.39 Å². The van der Waals surface area contributed by atoms with Crippen molar-refractivity contribution < 1.29 is 4.39 Å². The van der Waals surface area contributed by atoms with Gasteiger partial charge >= 0.3 is 0 Å². The largest absolute Gasteiger partial charge is 0.313 e. The van der Waals surface area contributed by atoms with Gasteiger partial charge in [-0.2, -0.15) is 0 Å². The van der Waals surface area contributed by atoms with Crippen LogP contribution in [0.5, 0.6) is 0 Å². The van der Waals surface area contributed by atoms with E-state index in [1.165, 1.54) is 17.2 Å². The Morgan fingerprint density at radius 1 is 1.25 bits per heavy atom. The zero-order chi connectivity index (χ0) is 14.7. The molecule has 0 spiro atoms. The van der Waals surface area contributed by atoms with E-state index in [0.717, 1.165) is 10.0 Å². The molecular weight excluding hydrogens is 341 g/mol. The second-order valence-electron chi connectivity index (χ2n) is 4.80. The van der Waals surface area contributed by atoms with Crippen LogP contribution in [0.3, 0.4) is 0 Å². The molecule has 0 saturated heterocycles. The normalized spacial score (nSPS) is 12.4. The Morgan fingerprint density at radius 3 is 2.60 bits per heavy atom. The van der Waals surface area contributed by atoms with Gasteiger partial charge in [-0.15, -0.1) is 0 Å². The van der Waals surface area contributed by atoms with Gasteiger partial charge in [0, 0.05) is 10.5 Å². The number of benzene rings is 2. The minimum atomic E-state index is -0.369. The molecule has 0 aliphatic heterocycles. The van der Waals surface area contributed by atoms with Crippen molar-refractivity contribution in [3.8, 4) is 0 Å². The summed E-state index contributed by atoms with van der Waals surface area (Å²) in [6.07, 6.45) is 0.714. The Hall–Kier alpha value is -0.900. The van der Waals surface area contributed by atoms with E-state index >= 15 is 0 Å². The molecule has 0 bridgehead atoms. The van der Waals surface area contributed by atoms with Crippen LogP contribution in [0, 0.1) is 12.7 Å². The van der Waals surface area contributed by atoms with Gasteiger partial charge in [0.25, 0.3) is 0 Å². The Labute approximate surface area is 132 Å². The maximum absolute atomic E-state index is 13.5. The van der Waals surface area contributed by atoms with Gasteiger partial charge < -0.3 is 5.32 Å². The number of rotatable bonds is 4. The first-order valence-electron chi connectivity index (χ1n) is 6.38. The molecule has 0 aliphatic rings. The molecule has 0 saturated carbocycles. The van der Waals surface area contributed by atoms with E-state index in [1.54, 1.807) is 6.07 Å². The van der Waals surface area contributed by atoms with Gasteiger partial charge in [0.1, 0.15) is 5.82 Å². The highest BCUT2D eigenvalue weighted by molar-refractivity contribution is 9.10. The van der Waals surface area contributed by atoms with Gasteiger partial charge in [-0.1, -0.05) is 45.7 Å². The highest BCUT2D eigenvalue weighted by Gasteiger charge is 2.12. The highest BCUT2D eigenvalue weighted by atomic mass is 79.9. The first kappa shape index (κ1) is 15.5. The summed E-state index contributed by atoms with van der Waals surface area (Å²) in [5.74, 6) is -0.369. The van der Waals surface area contributed by atoms with Crippen LogP contribution < -0.4 is 5.32 Å². The molecule has 0 heterocycles. The topological polar surface area (TPSA) is 12.0 Å². The molecule has 0 radical (unpaired) electrons. The molecule has 1 unspecified atom stereocenters. The SMILES string of the molecule is CNC(Cc1ccc(Cl)c(F)c1)c1ccc(Br)c(C)c1. The lowest BCUT2D eigenvalue weighted by Crippen LogP contribution is -2.19. The smallest absolute Gasteiger partial charge is 0.142 e. The molecule has 0 aromatic heterocycles. The molecule has 106 valence electrons. The fraction of sp³-hybridized carbons (Fsp3) is 0.250. The van der Waals surface area contributed by atoms with E-state index in [2.05, 4.69) is 40.3 Å². The molecule has 2 aromatic rings. The van der Waals surface area contributed by atoms with Crippen LogP contribution in [0.1, 0.15) is 22.7 Å². The van der Waals surface area contributed by atoms with Crippen LogP contribution in [0.4, 0.5) is 4.39 Å². The summed E-state index contributed by atoms with van der Waals surface area (Å²) >= 11 is 9.21. The summed E-state index contributed by atoms with van der Waals surface area (Å²) in [7, 11) is 1.91. The highest BCUT2D eigenvalue weighted by Crippen LogP contribution is 2.25. The second-order valence-corrected chi connectivity index (χ2v) is 6.06. The molecule has 1 nitrogen and oxygen atoms in total. The average molecular weight is 357 g/mol. The Bertz CT molecular complexity index is 615. The van der Waals surface area contributed by atoms with Crippen molar-refractivity contribution in [3.05, 3.63) is 68.4 Å². The summed E-state index contributed by atoms with van der Waals surface area (Å²) < 4.78 is 14.6. The van der Waals surface area contributed by atoms with Crippen molar-refractivity contribution >= 4 is 27.5 Å². The number of likely N-dealkylation sites (N-methyl/N-ethyl adjacent to an activating group) is 1. The maximum atomic E-state index is 13.5. The number of aryl methyl sites for hydroxylation is 1. The minimum Gasteiger partial charge on any atom is -0.313 e. The zero-order valence-electron chi connectivity index (χ0n) is 11.4. The number of halogens is 3. The predicted molar refractivity (Wildman–Crippen MR) is 85.8 cm³/mol. The van der Waals surface area contributed by atoms with Crippen molar-refractivity contribution in [2.24, 2.45) is 0 Å². The first-order valence-corrected chi connectivity index (χ1v) is 7.55. The van der Waals surface area contributed by atoms with E-state index in [1.807, 2.05) is 19.2 Å². The molecule has 2 rings (SSSR count). The Kier molecular flexibility index (Phi) is 5.19. The van der Waals surface area contributed by atoms with Crippen LogP contribution in [0.2, 0.25) is 5.02 Å². The quantitative estimate of drug-likeness (QED) is 0.808. The van der Waals surface area contributed by atoms with Crippen molar-refractivity contribution in [2.45, 2.75) is 19.4 Å². The molecule has 1 atom stereocenters. The number of nitrogens with one attached hydrogen (secondary N) is 1. The lowest BCUT2D eigenvalue weighted by atomic mass is 9.98. The van der Waals surface area contributed by atoms with Crippen molar-refractivity contribution in [1.29, 1.82) is 0 Å². The minimum absolute atomic E-state index is 0.141. The third-order valence-corrected chi connectivity index (χ3v) is 4.55. The summed E-state index contributed by atoms with van der Waals surface area (Å²) in [5, 5.41) is 3.44. The average Bonchev–Trinajstić information content (AvgIpc) is 2.43. The monoisotopic (exact) mass is 355 g/mol. The third kappa shape index (κ3) is 3.60. The summed E-state index contributed by atoms with van der Waals surface area (Å²) in [4.78, 5) is 0. The third-order valence-electron chi connectivity index (χ3n) is 3.36. The van der Waals surface area contributed by atoms with E-state index in [9.17, 15) is 4.39 Å². The molecule has 2 aromatic carbocycles. The van der Waals surface area contributed by atoms with Crippen LogP contribution in [-0.4, -0.2) is 7.05 Å². The van der Waals surface area contributed by atoms with E-state index in [-0.39, 0.29) is 16.9 Å². The van der Waals surface area contributed by atoms with Crippen LogP contribution >= 0.6 is 27.5 Å². The predicted octanol–water partition coefficient (Wildman–Crippen LogP) is 5.05. The van der Waals surface area contributed by atoms with E-state index in [0.29, 0.717) is 6.42 Å². The molecular formula is C16H16BrClFN. The van der Waals surface area contributed by atoms with Crippen molar-refractivity contribution in [1.82, 2.24) is 5.32 Å². The van der Waals surface area contributed by atoms with Crippen LogP contribution in [0.25, 0.3) is 0 Å². The van der Waals surface area contributed by atoms with Crippen LogP contribution in [0.15, 0.2) is 40.9 Å². The standard InChI is InChI=1S/C16H16BrClFN/c1-10-7-12(4-5-13(10)17)16(20-2)9-11-3-6-14(18)15(19)8-11/h3-8,16,20H,9H2,1-2H3. The van der Waals surface area contributed by atoms with E-state index < -0.39 is 0 Å². The molecule has 4 heteroatoms. The number of hydrogen-bond donors (Lipinski definition) is 1. The molecule has 0 aliphatic carbocycles. The fourth-order valence-electron chi connectivity index (χ4n) is 2.17. The Balaban J connectivity index is 2.23. The van der Waals surface area contributed by atoms with Gasteiger partial charge in [0.15, 0.2) is 0 Å². The lowest BCUT2D eigenvalue weighted by Gasteiger charge is -2.18. The maximum Gasteiger partial charge on any atom is 0.142 e.